The molecule has 0 saturated carbocycles. The molecule has 0 bridgehead atoms. The minimum atomic E-state index is -1.18. The molecule has 2 aromatic rings. The van der Waals surface area contributed by atoms with E-state index in [-0.39, 0.29) is 18.6 Å². The zero-order chi connectivity index (χ0) is 33.9. The van der Waals surface area contributed by atoms with Gasteiger partial charge in [-0.05, 0) is 31.4 Å². The zero-order valence-electron chi connectivity index (χ0n) is 28.7. The van der Waals surface area contributed by atoms with Gasteiger partial charge >= 0.3 is 11.9 Å². The van der Waals surface area contributed by atoms with Crippen molar-refractivity contribution in [2.24, 2.45) is 11.8 Å². The van der Waals surface area contributed by atoms with Gasteiger partial charge in [-0.25, -0.2) is 4.79 Å². The average molecular weight is 657 g/mol. The fourth-order valence-corrected chi connectivity index (χ4v) is 6.23. The molecule has 2 aliphatic heterocycles. The molecule has 260 valence electrons. The van der Waals surface area contributed by atoms with Crippen molar-refractivity contribution < 1.29 is 47.5 Å². The van der Waals surface area contributed by atoms with Crippen molar-refractivity contribution in [3.63, 3.8) is 0 Å². The van der Waals surface area contributed by atoms with Crippen LogP contribution in [0.4, 0.5) is 0 Å². The molecular formula is C37H52O10. The topological polar surface area (TPSA) is 108 Å². The molecule has 0 radical (unpaired) electrons. The third kappa shape index (κ3) is 10.1. The number of rotatable bonds is 15. The fraction of sp³-hybridized carbons (Fsp3) is 0.622. The molecule has 10 heteroatoms. The van der Waals surface area contributed by atoms with E-state index in [0.717, 1.165) is 24.0 Å². The highest BCUT2D eigenvalue weighted by molar-refractivity contribution is 5.75. The molecule has 0 aliphatic carbocycles. The van der Waals surface area contributed by atoms with E-state index >= 15 is 0 Å². The van der Waals surface area contributed by atoms with Gasteiger partial charge in [0.25, 0.3) is 0 Å². The summed E-state index contributed by atoms with van der Waals surface area (Å²) in [6.07, 6.45) is -3.64. The number of carbonyl (C=O) groups excluding carboxylic acids is 2. The highest BCUT2D eigenvalue weighted by atomic mass is 16.7. The van der Waals surface area contributed by atoms with Gasteiger partial charge in [0.15, 0.2) is 24.8 Å². The van der Waals surface area contributed by atoms with Gasteiger partial charge in [-0.15, -0.1) is 0 Å². The summed E-state index contributed by atoms with van der Waals surface area (Å²) in [4.78, 5) is 25.6. The first-order valence-electron chi connectivity index (χ1n) is 16.8. The molecule has 0 spiro atoms. The number of ether oxygens (including phenoxy) is 8. The van der Waals surface area contributed by atoms with Crippen molar-refractivity contribution in [2.45, 2.75) is 129 Å². The maximum atomic E-state index is 13.1. The van der Waals surface area contributed by atoms with Gasteiger partial charge in [-0.3, -0.25) is 4.79 Å². The van der Waals surface area contributed by atoms with Crippen LogP contribution in [0.15, 0.2) is 60.7 Å². The number of hydrogen-bond donors (Lipinski definition) is 0. The number of carbonyl (C=O) groups is 2. The van der Waals surface area contributed by atoms with E-state index in [9.17, 15) is 9.59 Å². The molecule has 0 aromatic heterocycles. The first-order valence-corrected chi connectivity index (χ1v) is 16.8. The summed E-state index contributed by atoms with van der Waals surface area (Å²) in [7, 11) is 1.31. The second-order valence-electron chi connectivity index (χ2n) is 12.7. The number of methoxy groups -OCH3 is 1. The molecule has 10 nitrogen and oxygen atoms in total. The molecule has 4 rings (SSSR count). The lowest BCUT2D eigenvalue weighted by Crippen LogP contribution is -2.63. The molecule has 2 fully saturated rings. The van der Waals surface area contributed by atoms with Crippen LogP contribution in [0.2, 0.25) is 0 Å². The van der Waals surface area contributed by atoms with Crippen molar-refractivity contribution in [1.29, 1.82) is 0 Å². The maximum Gasteiger partial charge on any atom is 0.335 e. The molecule has 2 heterocycles. The molecular weight excluding hydrogens is 604 g/mol. The Morgan fingerprint density at radius 1 is 0.787 bits per heavy atom. The van der Waals surface area contributed by atoms with Gasteiger partial charge in [-0.2, -0.15) is 0 Å². The van der Waals surface area contributed by atoms with Crippen molar-refractivity contribution in [3.8, 4) is 0 Å². The summed E-state index contributed by atoms with van der Waals surface area (Å²) in [6.45, 7) is 11.8. The standard InChI is InChI=1S/C37H52O10/c1-8-9-20-29-33(31(25(5)36(45-29)43-23(2)3)42-22-28-18-14-11-15-19-28)47-37-34(44-26(6)38)30(24(4)32(46-37)35(39)40-7)41-21-27-16-12-10-13-17-27/h10-19,23-25,29-34,36-37H,8-9,20-22H2,1-7H3. The van der Waals surface area contributed by atoms with Crippen LogP contribution < -0.4 is 0 Å². The predicted molar refractivity (Wildman–Crippen MR) is 174 cm³/mol. The fourth-order valence-electron chi connectivity index (χ4n) is 6.23. The SMILES string of the molecule is CCCCC1OC(OC(C)C)C(C)C(OCc2ccccc2)C1OC1OC(C(=O)OC)C(C)C(OCc2ccccc2)C1OC(C)=O. The first-order chi connectivity index (χ1) is 22.6. The van der Waals surface area contributed by atoms with Gasteiger partial charge in [0, 0.05) is 18.8 Å². The molecule has 0 amide bonds. The third-order valence-electron chi connectivity index (χ3n) is 8.66. The van der Waals surface area contributed by atoms with E-state index in [1.165, 1.54) is 14.0 Å². The van der Waals surface area contributed by atoms with Gasteiger partial charge in [0.05, 0.1) is 38.6 Å². The van der Waals surface area contributed by atoms with Crippen molar-refractivity contribution in [1.82, 2.24) is 0 Å². The lowest BCUT2D eigenvalue weighted by Gasteiger charge is -2.49. The number of unbranched alkanes of at least 4 members (excludes halogenated alkanes) is 1. The van der Waals surface area contributed by atoms with Crippen LogP contribution >= 0.6 is 0 Å². The van der Waals surface area contributed by atoms with E-state index in [1.807, 2.05) is 88.4 Å². The van der Waals surface area contributed by atoms with Crippen molar-refractivity contribution >= 4 is 11.9 Å². The Morgan fingerprint density at radius 2 is 1.36 bits per heavy atom. The van der Waals surface area contributed by atoms with Crippen molar-refractivity contribution in [2.75, 3.05) is 7.11 Å². The lowest BCUT2D eigenvalue weighted by atomic mass is 9.88. The predicted octanol–water partition coefficient (Wildman–Crippen LogP) is 5.98. The smallest absolute Gasteiger partial charge is 0.335 e. The monoisotopic (exact) mass is 656 g/mol. The summed E-state index contributed by atoms with van der Waals surface area (Å²) in [5.41, 5.74) is 1.94. The Balaban J connectivity index is 1.70. The van der Waals surface area contributed by atoms with Crippen LogP contribution in [0, 0.1) is 11.8 Å². The number of hydrogen-bond acceptors (Lipinski definition) is 10. The Labute approximate surface area is 279 Å². The Morgan fingerprint density at radius 3 is 1.87 bits per heavy atom. The van der Waals surface area contributed by atoms with E-state index in [1.54, 1.807) is 0 Å². The summed E-state index contributed by atoms with van der Waals surface area (Å²) in [6, 6.07) is 19.6. The highest BCUT2D eigenvalue weighted by Gasteiger charge is 2.54. The number of esters is 2. The number of benzene rings is 2. The minimum Gasteiger partial charge on any atom is -0.467 e. The molecule has 2 aromatic carbocycles. The van der Waals surface area contributed by atoms with Gasteiger partial charge in [0.1, 0.15) is 12.2 Å². The molecule has 2 saturated heterocycles. The molecule has 10 atom stereocenters. The van der Waals surface area contributed by atoms with Crippen LogP contribution in [0.1, 0.15) is 71.9 Å². The summed E-state index contributed by atoms with van der Waals surface area (Å²) in [5.74, 6) is -1.86. The Kier molecular flexibility index (Phi) is 14.2. The zero-order valence-corrected chi connectivity index (χ0v) is 28.7. The van der Waals surface area contributed by atoms with Crippen LogP contribution in [0.3, 0.4) is 0 Å². The van der Waals surface area contributed by atoms with Gasteiger partial charge in [0.2, 0.25) is 0 Å². The van der Waals surface area contributed by atoms with Gasteiger partial charge < -0.3 is 37.9 Å². The van der Waals surface area contributed by atoms with Crippen LogP contribution in [-0.2, 0) is 60.7 Å². The lowest BCUT2D eigenvalue weighted by molar-refractivity contribution is -0.353. The largest absolute Gasteiger partial charge is 0.467 e. The summed E-state index contributed by atoms with van der Waals surface area (Å²) >= 11 is 0. The van der Waals surface area contributed by atoms with E-state index in [2.05, 4.69) is 6.92 Å². The molecule has 10 unspecified atom stereocenters. The van der Waals surface area contributed by atoms with Gasteiger partial charge in [-0.1, -0.05) is 94.3 Å². The first kappa shape index (κ1) is 37.0. The van der Waals surface area contributed by atoms with Crippen LogP contribution in [0.5, 0.6) is 0 Å². The quantitative estimate of drug-likeness (QED) is 0.212. The minimum absolute atomic E-state index is 0.0682. The van der Waals surface area contributed by atoms with Crippen molar-refractivity contribution in [3.05, 3.63) is 71.8 Å². The average Bonchev–Trinajstić information content (AvgIpc) is 3.06. The Bertz CT molecular complexity index is 1220. The summed E-state index contributed by atoms with van der Waals surface area (Å²) in [5, 5.41) is 0. The Hall–Kier alpha value is -2.86. The third-order valence-corrected chi connectivity index (χ3v) is 8.66. The second kappa shape index (κ2) is 18.1. The molecule has 2 aliphatic rings. The second-order valence-corrected chi connectivity index (χ2v) is 12.7. The van der Waals surface area contributed by atoms with Crippen LogP contribution in [0.25, 0.3) is 0 Å². The van der Waals surface area contributed by atoms with E-state index in [0.29, 0.717) is 13.0 Å². The molecule has 0 N–H and O–H groups in total. The summed E-state index contributed by atoms with van der Waals surface area (Å²) < 4.78 is 50.1. The van der Waals surface area contributed by atoms with Crippen LogP contribution in [-0.4, -0.2) is 74.4 Å². The van der Waals surface area contributed by atoms with E-state index in [4.69, 9.17) is 37.9 Å². The normalized spacial score (nSPS) is 31.0. The van der Waals surface area contributed by atoms with E-state index < -0.39 is 67.1 Å². The maximum absolute atomic E-state index is 13.1. The molecule has 47 heavy (non-hydrogen) atoms. The highest BCUT2D eigenvalue weighted by Crippen LogP contribution is 2.38.